The standard InChI is InChI=1S/C29H52O3Si/c1-19-13-15-28(3)21(17-19)18-25(32-33(6,7)8)27-23-11-10-22(20(2)9-12-26(30)31-5)29(23,4)16-14-24(27)28/h19-25,27H,9-18H2,1-8H3/t19-,20-,21?,22?,23?,24?,25?,27?,28+,29-/m1/s1. The van der Waals surface area contributed by atoms with Crippen molar-refractivity contribution < 1.29 is 14.0 Å². The summed E-state index contributed by atoms with van der Waals surface area (Å²) in [6, 6.07) is 0. The molecule has 0 amide bonds. The van der Waals surface area contributed by atoms with Gasteiger partial charge in [0.25, 0.3) is 0 Å². The van der Waals surface area contributed by atoms with Crippen molar-refractivity contribution in [2.24, 2.45) is 52.3 Å². The minimum absolute atomic E-state index is 0.0494. The first kappa shape index (κ1) is 25.7. The SMILES string of the molecule is COC(=O)CC[C@@H](C)C1CCC2C3C(O[Si](C)(C)C)CC4C[C@H](C)CC[C@]4(C)C3CC[C@@]21C. The van der Waals surface area contributed by atoms with Crippen LogP contribution in [0.5, 0.6) is 0 Å². The Morgan fingerprint density at radius 3 is 2.33 bits per heavy atom. The van der Waals surface area contributed by atoms with E-state index in [1.165, 1.54) is 58.5 Å². The van der Waals surface area contributed by atoms with Gasteiger partial charge in [-0.25, -0.2) is 0 Å². The summed E-state index contributed by atoms with van der Waals surface area (Å²) in [5.74, 6) is 5.38. The molecule has 0 aromatic heterocycles. The number of carbonyl (C=O) groups is 1. The molecule has 0 bridgehead atoms. The minimum atomic E-state index is -1.61. The smallest absolute Gasteiger partial charge is 0.305 e. The maximum Gasteiger partial charge on any atom is 0.305 e. The van der Waals surface area contributed by atoms with E-state index in [-0.39, 0.29) is 5.97 Å². The van der Waals surface area contributed by atoms with Crippen LogP contribution >= 0.6 is 0 Å². The molecular formula is C29H52O3Si. The zero-order chi connectivity index (χ0) is 24.2. The fourth-order valence-electron chi connectivity index (χ4n) is 9.61. The molecule has 10 atom stereocenters. The van der Waals surface area contributed by atoms with E-state index in [4.69, 9.17) is 9.16 Å². The fourth-order valence-corrected chi connectivity index (χ4v) is 10.8. The monoisotopic (exact) mass is 476 g/mol. The molecule has 0 aromatic carbocycles. The summed E-state index contributed by atoms with van der Waals surface area (Å²) >= 11 is 0. The second-order valence-electron chi connectivity index (χ2n) is 14.2. The van der Waals surface area contributed by atoms with Crippen molar-refractivity contribution in [2.45, 2.75) is 118 Å². The highest BCUT2D eigenvalue weighted by atomic mass is 28.4. The zero-order valence-corrected chi connectivity index (χ0v) is 23.9. The molecule has 0 heterocycles. The normalized spacial score (nSPS) is 46.1. The van der Waals surface area contributed by atoms with E-state index in [0.29, 0.717) is 29.3 Å². The van der Waals surface area contributed by atoms with Crippen LogP contribution in [0.15, 0.2) is 0 Å². The van der Waals surface area contributed by atoms with Crippen LogP contribution in [0.4, 0.5) is 0 Å². The molecular weight excluding hydrogens is 424 g/mol. The average Bonchev–Trinajstić information content (AvgIpc) is 3.09. The number of fused-ring (bicyclic) bond motifs is 5. The van der Waals surface area contributed by atoms with Crippen molar-refractivity contribution in [1.29, 1.82) is 0 Å². The molecule has 0 saturated heterocycles. The molecule has 4 heteroatoms. The van der Waals surface area contributed by atoms with Crippen LogP contribution in [0.1, 0.15) is 91.9 Å². The lowest BCUT2D eigenvalue weighted by Crippen LogP contribution is -2.60. The van der Waals surface area contributed by atoms with Gasteiger partial charge in [0.15, 0.2) is 8.32 Å². The Morgan fingerprint density at radius 2 is 1.67 bits per heavy atom. The number of hydrogen-bond acceptors (Lipinski definition) is 3. The number of esters is 1. The molecule has 0 N–H and O–H groups in total. The summed E-state index contributed by atoms with van der Waals surface area (Å²) in [7, 11) is -0.0902. The number of rotatable bonds is 6. The molecule has 0 spiro atoms. The van der Waals surface area contributed by atoms with Gasteiger partial charge in [-0.2, -0.15) is 0 Å². The van der Waals surface area contributed by atoms with Crippen LogP contribution in [0, 0.1) is 52.3 Å². The van der Waals surface area contributed by atoms with E-state index in [2.05, 4.69) is 47.3 Å². The summed E-state index contributed by atoms with van der Waals surface area (Å²) < 4.78 is 12.0. The topological polar surface area (TPSA) is 35.5 Å². The lowest BCUT2D eigenvalue weighted by Gasteiger charge is -2.63. The van der Waals surface area contributed by atoms with Gasteiger partial charge in [0.2, 0.25) is 0 Å². The van der Waals surface area contributed by atoms with E-state index >= 15 is 0 Å². The van der Waals surface area contributed by atoms with Gasteiger partial charge in [-0.3, -0.25) is 4.79 Å². The quantitative estimate of drug-likeness (QED) is 0.291. The van der Waals surface area contributed by atoms with Gasteiger partial charge in [-0.1, -0.05) is 34.1 Å². The third kappa shape index (κ3) is 4.73. The van der Waals surface area contributed by atoms with E-state index in [0.717, 1.165) is 41.9 Å². The van der Waals surface area contributed by atoms with Gasteiger partial charge in [0, 0.05) is 12.5 Å². The molecule has 4 saturated carbocycles. The molecule has 190 valence electrons. The minimum Gasteiger partial charge on any atom is -0.469 e. The molecule has 4 rings (SSSR count). The van der Waals surface area contributed by atoms with Crippen molar-refractivity contribution in [2.75, 3.05) is 7.11 Å². The molecule has 0 aromatic rings. The van der Waals surface area contributed by atoms with Gasteiger partial charge in [-0.15, -0.1) is 0 Å². The summed E-state index contributed by atoms with van der Waals surface area (Å²) in [6.07, 6.45) is 13.1. The van der Waals surface area contributed by atoms with E-state index in [1.54, 1.807) is 0 Å². The third-order valence-corrected chi connectivity index (χ3v) is 12.2. The summed E-state index contributed by atoms with van der Waals surface area (Å²) in [5.41, 5.74) is 0.926. The summed E-state index contributed by atoms with van der Waals surface area (Å²) in [4.78, 5) is 11.8. The Bertz CT molecular complexity index is 716. The van der Waals surface area contributed by atoms with E-state index < -0.39 is 8.32 Å². The van der Waals surface area contributed by atoms with Crippen molar-refractivity contribution in [3.8, 4) is 0 Å². The van der Waals surface area contributed by atoms with E-state index in [1.807, 2.05) is 0 Å². The molecule has 4 aliphatic rings. The average molecular weight is 477 g/mol. The van der Waals surface area contributed by atoms with Gasteiger partial charge in [0.1, 0.15) is 0 Å². The van der Waals surface area contributed by atoms with E-state index in [9.17, 15) is 4.79 Å². The number of hydrogen-bond donors (Lipinski definition) is 0. The number of carbonyl (C=O) groups excluding carboxylic acids is 1. The summed E-state index contributed by atoms with van der Waals surface area (Å²) in [5, 5.41) is 0. The molecule has 3 nitrogen and oxygen atoms in total. The first-order chi connectivity index (χ1) is 15.4. The van der Waals surface area contributed by atoms with Crippen molar-refractivity contribution in [3.63, 3.8) is 0 Å². The Balaban J connectivity index is 1.60. The van der Waals surface area contributed by atoms with Crippen LogP contribution in [0.3, 0.4) is 0 Å². The summed E-state index contributed by atoms with van der Waals surface area (Å²) in [6.45, 7) is 17.4. The number of methoxy groups -OCH3 is 1. The van der Waals surface area contributed by atoms with Crippen molar-refractivity contribution in [1.82, 2.24) is 0 Å². The molecule has 0 radical (unpaired) electrons. The molecule has 0 aliphatic heterocycles. The van der Waals surface area contributed by atoms with Crippen LogP contribution < -0.4 is 0 Å². The Labute approximate surface area is 205 Å². The van der Waals surface area contributed by atoms with Crippen LogP contribution in [0.2, 0.25) is 19.6 Å². The van der Waals surface area contributed by atoms with Gasteiger partial charge < -0.3 is 9.16 Å². The van der Waals surface area contributed by atoms with Gasteiger partial charge >= 0.3 is 5.97 Å². The first-order valence-corrected chi connectivity index (χ1v) is 17.5. The van der Waals surface area contributed by atoms with Crippen LogP contribution in [-0.4, -0.2) is 27.5 Å². The maximum absolute atomic E-state index is 11.8. The first-order valence-electron chi connectivity index (χ1n) is 14.1. The number of ether oxygens (including phenoxy) is 1. The van der Waals surface area contributed by atoms with Crippen LogP contribution in [0.25, 0.3) is 0 Å². The Hall–Kier alpha value is -0.353. The van der Waals surface area contributed by atoms with Crippen molar-refractivity contribution >= 4 is 14.3 Å². The lowest BCUT2D eigenvalue weighted by molar-refractivity contribution is -0.164. The fraction of sp³-hybridized carbons (Fsp3) is 0.966. The Morgan fingerprint density at radius 1 is 1.00 bits per heavy atom. The molecule has 4 fully saturated rings. The van der Waals surface area contributed by atoms with Gasteiger partial charge in [0.05, 0.1) is 7.11 Å². The highest BCUT2D eigenvalue weighted by Gasteiger charge is 2.63. The zero-order valence-electron chi connectivity index (χ0n) is 22.9. The predicted octanol–water partition coefficient (Wildman–Crippen LogP) is 7.70. The highest BCUT2D eigenvalue weighted by Crippen LogP contribution is 2.69. The second-order valence-corrected chi connectivity index (χ2v) is 18.7. The largest absolute Gasteiger partial charge is 0.469 e. The third-order valence-electron chi connectivity index (χ3n) is 11.2. The second kappa shape index (κ2) is 9.26. The van der Waals surface area contributed by atoms with Gasteiger partial charge in [-0.05, 0) is 123 Å². The van der Waals surface area contributed by atoms with Crippen molar-refractivity contribution in [3.05, 3.63) is 0 Å². The highest BCUT2D eigenvalue weighted by molar-refractivity contribution is 6.69. The molecule has 6 unspecified atom stereocenters. The molecule has 33 heavy (non-hydrogen) atoms. The lowest BCUT2D eigenvalue weighted by atomic mass is 9.43. The maximum atomic E-state index is 11.8. The molecule has 4 aliphatic carbocycles. The van der Waals surface area contributed by atoms with Crippen LogP contribution in [-0.2, 0) is 14.0 Å². The predicted molar refractivity (Wildman–Crippen MR) is 138 cm³/mol. The Kier molecular flexibility index (Phi) is 7.22.